The van der Waals surface area contributed by atoms with Gasteiger partial charge >= 0.3 is 12.1 Å². The van der Waals surface area contributed by atoms with Gasteiger partial charge in [0.1, 0.15) is 11.4 Å². The molecule has 1 fully saturated rings. The number of aromatic nitrogens is 2. The van der Waals surface area contributed by atoms with Crippen molar-refractivity contribution in [1.82, 2.24) is 15.1 Å². The van der Waals surface area contributed by atoms with E-state index in [4.69, 9.17) is 10.8 Å². The normalized spacial score (nSPS) is 18.2. The number of hydrogen-bond acceptors (Lipinski definition) is 7. The fraction of sp³-hybridized carbons (Fsp3) is 0.500. The van der Waals surface area contributed by atoms with Gasteiger partial charge in [0, 0.05) is 36.8 Å². The molecule has 2 aromatic rings. The minimum Gasteiger partial charge on any atom is -0.507 e. The van der Waals surface area contributed by atoms with Gasteiger partial charge in [-0.3, -0.25) is 4.79 Å². The number of nitrogens with zero attached hydrogens (tertiary/aromatic N) is 3. The van der Waals surface area contributed by atoms with Gasteiger partial charge in [0.25, 0.3) is 0 Å². The van der Waals surface area contributed by atoms with E-state index in [0.29, 0.717) is 36.1 Å². The van der Waals surface area contributed by atoms with E-state index in [1.165, 1.54) is 6.07 Å². The molecule has 0 amide bonds. The number of piperidine rings is 1. The van der Waals surface area contributed by atoms with Crippen molar-refractivity contribution in [2.75, 3.05) is 25.0 Å². The maximum absolute atomic E-state index is 12.9. The SMILES string of the molecule is Cc1c(-c2ccc(C(F)(F)F)cc2O)nnc(N[C@@H]2CCCN(CC(C)C(=O)O)C2)c1CN. The van der Waals surface area contributed by atoms with E-state index in [-0.39, 0.29) is 23.8 Å². The van der Waals surface area contributed by atoms with Crippen LogP contribution >= 0.6 is 0 Å². The first-order valence-corrected chi connectivity index (χ1v) is 10.7. The third kappa shape index (κ3) is 5.72. The van der Waals surface area contributed by atoms with Gasteiger partial charge in [-0.1, -0.05) is 6.92 Å². The summed E-state index contributed by atoms with van der Waals surface area (Å²) in [7, 11) is 0. The van der Waals surface area contributed by atoms with E-state index in [2.05, 4.69) is 20.4 Å². The molecule has 1 unspecified atom stereocenters. The Morgan fingerprint density at radius 3 is 2.70 bits per heavy atom. The maximum Gasteiger partial charge on any atom is 0.416 e. The summed E-state index contributed by atoms with van der Waals surface area (Å²) in [6, 6.07) is 2.74. The van der Waals surface area contributed by atoms with Crippen LogP contribution in [0, 0.1) is 12.8 Å². The first kappa shape index (κ1) is 24.7. The quantitative estimate of drug-likeness (QED) is 0.489. The van der Waals surface area contributed by atoms with E-state index in [1.807, 2.05) is 0 Å². The van der Waals surface area contributed by atoms with Crippen LogP contribution in [0.2, 0.25) is 0 Å². The highest BCUT2D eigenvalue weighted by Gasteiger charge is 2.31. The molecular formula is C22H28F3N5O3. The van der Waals surface area contributed by atoms with Crippen molar-refractivity contribution in [3.05, 3.63) is 34.9 Å². The smallest absolute Gasteiger partial charge is 0.416 e. The Morgan fingerprint density at radius 1 is 1.36 bits per heavy atom. The van der Waals surface area contributed by atoms with Gasteiger partial charge in [-0.05, 0) is 50.1 Å². The summed E-state index contributed by atoms with van der Waals surface area (Å²) in [5.41, 5.74) is 6.66. The molecule has 1 saturated heterocycles. The fourth-order valence-corrected chi connectivity index (χ4v) is 4.08. The third-order valence-corrected chi connectivity index (χ3v) is 5.93. The molecule has 1 aromatic carbocycles. The molecule has 1 aliphatic rings. The van der Waals surface area contributed by atoms with Crippen molar-refractivity contribution in [1.29, 1.82) is 0 Å². The Balaban J connectivity index is 1.82. The molecule has 2 atom stereocenters. The second kappa shape index (κ2) is 9.92. The predicted molar refractivity (Wildman–Crippen MR) is 117 cm³/mol. The molecule has 1 aromatic heterocycles. The van der Waals surface area contributed by atoms with E-state index < -0.39 is 29.4 Å². The lowest BCUT2D eigenvalue weighted by atomic mass is 9.99. The second-order valence-electron chi connectivity index (χ2n) is 8.42. The lowest BCUT2D eigenvalue weighted by Gasteiger charge is -2.34. The molecule has 1 aliphatic heterocycles. The number of phenolic OH excluding ortho intramolecular Hbond substituents is 1. The molecule has 0 bridgehead atoms. The molecule has 0 aliphatic carbocycles. The molecule has 3 rings (SSSR count). The average Bonchev–Trinajstić information content (AvgIpc) is 2.74. The monoisotopic (exact) mass is 467 g/mol. The van der Waals surface area contributed by atoms with E-state index in [1.54, 1.807) is 13.8 Å². The second-order valence-corrected chi connectivity index (χ2v) is 8.42. The maximum atomic E-state index is 12.9. The largest absolute Gasteiger partial charge is 0.507 e. The van der Waals surface area contributed by atoms with Crippen molar-refractivity contribution >= 4 is 11.8 Å². The van der Waals surface area contributed by atoms with E-state index in [0.717, 1.165) is 25.5 Å². The number of hydrogen-bond donors (Lipinski definition) is 4. The van der Waals surface area contributed by atoms with Crippen LogP contribution in [0.1, 0.15) is 36.5 Å². The average molecular weight is 467 g/mol. The number of rotatable bonds is 7. The first-order valence-electron chi connectivity index (χ1n) is 10.7. The van der Waals surface area contributed by atoms with Gasteiger partial charge < -0.3 is 26.2 Å². The number of phenols is 1. The van der Waals surface area contributed by atoms with Gasteiger partial charge in [-0.25, -0.2) is 0 Å². The number of likely N-dealkylation sites (tertiary alicyclic amines) is 1. The number of anilines is 1. The minimum atomic E-state index is -4.57. The lowest BCUT2D eigenvalue weighted by Crippen LogP contribution is -2.45. The minimum absolute atomic E-state index is 0.0177. The Hall–Kier alpha value is -2.92. The number of nitrogens with one attached hydrogen (secondary N) is 1. The number of carboxylic acids is 1. The Bertz CT molecular complexity index is 1020. The Morgan fingerprint density at radius 2 is 2.09 bits per heavy atom. The molecule has 8 nitrogen and oxygen atoms in total. The van der Waals surface area contributed by atoms with Crippen molar-refractivity contribution < 1.29 is 28.2 Å². The molecule has 11 heteroatoms. The van der Waals surface area contributed by atoms with Crippen LogP contribution in [0.4, 0.5) is 19.0 Å². The molecule has 180 valence electrons. The summed E-state index contributed by atoms with van der Waals surface area (Å²) < 4.78 is 38.7. The number of halogens is 3. The molecule has 5 N–H and O–H groups in total. The zero-order valence-corrected chi connectivity index (χ0v) is 18.5. The van der Waals surface area contributed by atoms with Gasteiger partial charge in [0.15, 0.2) is 5.82 Å². The zero-order chi connectivity index (χ0) is 24.3. The third-order valence-electron chi connectivity index (χ3n) is 5.93. The van der Waals surface area contributed by atoms with Crippen LogP contribution in [0.3, 0.4) is 0 Å². The van der Waals surface area contributed by atoms with Crippen LogP contribution in [0.25, 0.3) is 11.3 Å². The molecular weight excluding hydrogens is 439 g/mol. The van der Waals surface area contributed by atoms with Crippen LogP contribution in [-0.4, -0.2) is 57.0 Å². The zero-order valence-electron chi connectivity index (χ0n) is 18.5. The number of aliphatic carboxylic acids is 1. The summed E-state index contributed by atoms with van der Waals surface area (Å²) in [6.45, 7) is 5.44. The fourth-order valence-electron chi connectivity index (χ4n) is 4.08. The topological polar surface area (TPSA) is 125 Å². The molecule has 0 radical (unpaired) electrons. The van der Waals surface area contributed by atoms with Gasteiger partial charge in [0.05, 0.1) is 11.5 Å². The number of nitrogens with two attached hydrogens (primary N) is 1. The summed E-state index contributed by atoms with van der Waals surface area (Å²) in [4.78, 5) is 13.3. The molecule has 0 spiro atoms. The number of carboxylic acid groups (broad SMARTS) is 1. The number of carbonyl (C=O) groups is 1. The standard InChI is InChI=1S/C22H28F3N5O3/c1-12(21(32)33)10-30-7-3-4-15(11-30)27-20-17(9-26)13(2)19(28-29-20)16-6-5-14(8-18(16)31)22(23,24)25/h5-6,8,12,15,31H,3-4,7,9-11,26H2,1-2H3,(H,27,29)(H,32,33)/t12?,15-/m1/s1. The van der Waals surface area contributed by atoms with Crippen molar-refractivity contribution in [3.63, 3.8) is 0 Å². The summed E-state index contributed by atoms with van der Waals surface area (Å²) in [5, 5.41) is 31.1. The van der Waals surface area contributed by atoms with Crippen LogP contribution in [-0.2, 0) is 17.5 Å². The van der Waals surface area contributed by atoms with Crippen molar-refractivity contribution in [2.24, 2.45) is 11.7 Å². The number of aromatic hydroxyl groups is 1. The van der Waals surface area contributed by atoms with Gasteiger partial charge in [-0.15, -0.1) is 10.2 Å². The van der Waals surface area contributed by atoms with Crippen LogP contribution in [0.5, 0.6) is 5.75 Å². The van der Waals surface area contributed by atoms with Gasteiger partial charge in [-0.2, -0.15) is 13.2 Å². The Kier molecular flexibility index (Phi) is 7.43. The summed E-state index contributed by atoms with van der Waals surface area (Å²) >= 11 is 0. The lowest BCUT2D eigenvalue weighted by molar-refractivity contribution is -0.142. The van der Waals surface area contributed by atoms with Gasteiger partial charge in [0.2, 0.25) is 0 Å². The molecule has 2 heterocycles. The highest BCUT2D eigenvalue weighted by Crippen LogP contribution is 2.37. The van der Waals surface area contributed by atoms with Crippen molar-refractivity contribution in [2.45, 2.75) is 45.5 Å². The molecule has 0 saturated carbocycles. The van der Waals surface area contributed by atoms with E-state index in [9.17, 15) is 23.1 Å². The highest BCUT2D eigenvalue weighted by atomic mass is 19.4. The van der Waals surface area contributed by atoms with Crippen molar-refractivity contribution in [3.8, 4) is 17.0 Å². The van der Waals surface area contributed by atoms with E-state index >= 15 is 0 Å². The Labute approximate surface area is 189 Å². The molecule has 33 heavy (non-hydrogen) atoms. The number of benzene rings is 1. The summed E-state index contributed by atoms with van der Waals surface area (Å²) in [6.07, 6.45) is -2.81. The predicted octanol–water partition coefficient (Wildman–Crippen LogP) is 3.23. The first-order chi connectivity index (χ1) is 15.5. The summed E-state index contributed by atoms with van der Waals surface area (Å²) in [5.74, 6) is -1.37. The number of alkyl halides is 3. The van der Waals surface area contributed by atoms with Crippen LogP contribution < -0.4 is 11.1 Å². The highest BCUT2D eigenvalue weighted by molar-refractivity contribution is 5.72. The van der Waals surface area contributed by atoms with Crippen LogP contribution in [0.15, 0.2) is 18.2 Å².